The van der Waals surface area contributed by atoms with Crippen molar-refractivity contribution in [2.24, 2.45) is 0 Å². The van der Waals surface area contributed by atoms with Crippen molar-refractivity contribution in [2.75, 3.05) is 6.26 Å². The Labute approximate surface area is 175 Å². The van der Waals surface area contributed by atoms with Gasteiger partial charge in [0, 0.05) is 11.0 Å². The summed E-state index contributed by atoms with van der Waals surface area (Å²) >= 11 is 1.22. The van der Waals surface area contributed by atoms with Crippen molar-refractivity contribution in [2.45, 2.75) is 54.6 Å². The maximum Gasteiger partial charge on any atom is 0.423 e. The van der Waals surface area contributed by atoms with E-state index in [1.165, 1.54) is 29.2 Å². The molecule has 1 atom stereocenters. The summed E-state index contributed by atoms with van der Waals surface area (Å²) in [5.41, 5.74) is -1.98. The zero-order valence-electron chi connectivity index (χ0n) is 16.3. The van der Waals surface area contributed by atoms with Gasteiger partial charge in [0.1, 0.15) is 9.90 Å². The summed E-state index contributed by atoms with van der Waals surface area (Å²) in [4.78, 5) is 0. The summed E-state index contributed by atoms with van der Waals surface area (Å²) in [6, 6.07) is 5.50. The molecule has 0 bridgehead atoms. The molecule has 1 aromatic carbocycles. The quantitative estimate of drug-likeness (QED) is 0.603. The zero-order valence-corrected chi connectivity index (χ0v) is 17.9. The number of hydrogen-bond acceptors (Lipinski definition) is 6. The molecule has 4 rings (SSSR count). The Kier molecular flexibility index (Phi) is 4.98. The highest BCUT2D eigenvalue weighted by Gasteiger charge is 2.55. The molecule has 1 saturated carbocycles. The third-order valence-electron chi connectivity index (χ3n) is 5.37. The molecule has 0 amide bonds. The van der Waals surface area contributed by atoms with Crippen LogP contribution in [0, 0.1) is 0 Å². The highest BCUT2D eigenvalue weighted by Crippen LogP contribution is 2.49. The third kappa shape index (κ3) is 3.63. The van der Waals surface area contributed by atoms with Crippen molar-refractivity contribution in [3.05, 3.63) is 41.2 Å². The summed E-state index contributed by atoms with van der Waals surface area (Å²) in [5, 5.41) is 18.2. The summed E-state index contributed by atoms with van der Waals surface area (Å²) in [6.07, 6.45) is -1.20. The Morgan fingerprint density at radius 1 is 1.30 bits per heavy atom. The predicted molar refractivity (Wildman–Crippen MR) is 106 cm³/mol. The van der Waals surface area contributed by atoms with Gasteiger partial charge in [-0.1, -0.05) is 24.3 Å². The Morgan fingerprint density at radius 3 is 2.57 bits per heavy atom. The van der Waals surface area contributed by atoms with Gasteiger partial charge in [0.25, 0.3) is 0 Å². The summed E-state index contributed by atoms with van der Waals surface area (Å²) < 4.78 is 66.6. The Bertz CT molecular complexity index is 1210. The van der Waals surface area contributed by atoms with Crippen molar-refractivity contribution in [1.29, 1.82) is 0 Å². The lowest BCUT2D eigenvalue weighted by molar-refractivity contribution is -0.269. The van der Waals surface area contributed by atoms with E-state index in [0.717, 1.165) is 40.3 Å². The molecule has 3 aromatic rings. The van der Waals surface area contributed by atoms with Gasteiger partial charge >= 0.3 is 6.18 Å². The second kappa shape index (κ2) is 7.03. The first-order valence-electron chi connectivity index (χ1n) is 9.39. The molecule has 1 fully saturated rings. The number of rotatable bonds is 6. The predicted octanol–water partition coefficient (Wildman–Crippen LogP) is 3.98. The largest absolute Gasteiger partial charge is 0.423 e. The first-order valence-corrected chi connectivity index (χ1v) is 12.1. The highest BCUT2D eigenvalue weighted by molar-refractivity contribution is 7.93. The number of thiophene rings is 1. The molecule has 2 heterocycles. The standard InChI is InChI=1S/C19H20F3N3O3S2/c1-3-18(26,19(20,21)22)15-10-25(24-23-15)9-11-4-7-13-14(8-11)29-17(30(2,27)28)16(13)12-5-6-12/h4,7-8,10,12,26H,3,5-6,9H2,1-2H3. The van der Waals surface area contributed by atoms with E-state index < -0.39 is 33.7 Å². The van der Waals surface area contributed by atoms with Crippen molar-refractivity contribution in [3.8, 4) is 0 Å². The van der Waals surface area contributed by atoms with Gasteiger partial charge in [0.05, 0.1) is 12.7 Å². The number of halogens is 3. The minimum absolute atomic E-state index is 0.144. The lowest BCUT2D eigenvalue weighted by atomic mass is 9.96. The molecule has 1 unspecified atom stereocenters. The summed E-state index contributed by atoms with van der Waals surface area (Å²) in [5.74, 6) is 0.265. The number of hydrogen-bond donors (Lipinski definition) is 1. The van der Waals surface area contributed by atoms with Crippen LogP contribution in [-0.4, -0.2) is 41.0 Å². The van der Waals surface area contributed by atoms with Gasteiger partial charge in [-0.15, -0.1) is 16.4 Å². The average molecular weight is 460 g/mol. The molecule has 1 aliphatic carbocycles. The lowest BCUT2D eigenvalue weighted by Gasteiger charge is -2.26. The maximum absolute atomic E-state index is 13.2. The molecule has 0 aliphatic heterocycles. The first kappa shape index (κ1) is 21.3. The van der Waals surface area contributed by atoms with Crippen LogP contribution in [0.3, 0.4) is 0 Å². The number of fused-ring (bicyclic) bond motifs is 1. The van der Waals surface area contributed by atoms with Gasteiger partial charge in [0.2, 0.25) is 5.60 Å². The van der Waals surface area contributed by atoms with Gasteiger partial charge in [-0.3, -0.25) is 0 Å². The number of nitrogens with zero attached hydrogens (tertiary/aromatic N) is 3. The molecule has 11 heteroatoms. The van der Waals surface area contributed by atoms with E-state index in [-0.39, 0.29) is 12.5 Å². The maximum atomic E-state index is 13.2. The van der Waals surface area contributed by atoms with E-state index in [0.29, 0.717) is 4.21 Å². The highest BCUT2D eigenvalue weighted by atomic mass is 32.2. The number of aromatic nitrogens is 3. The van der Waals surface area contributed by atoms with E-state index >= 15 is 0 Å². The molecule has 6 nitrogen and oxygen atoms in total. The van der Waals surface area contributed by atoms with E-state index in [2.05, 4.69) is 10.3 Å². The zero-order chi connectivity index (χ0) is 21.9. The molecule has 1 N–H and O–H groups in total. The average Bonchev–Trinajstić information content (AvgIpc) is 3.24. The molecule has 0 radical (unpaired) electrons. The van der Waals surface area contributed by atoms with E-state index in [1.807, 2.05) is 18.2 Å². The molecule has 162 valence electrons. The van der Waals surface area contributed by atoms with E-state index in [9.17, 15) is 26.7 Å². The molecule has 0 saturated heterocycles. The minimum Gasteiger partial charge on any atom is -0.375 e. The Morgan fingerprint density at radius 2 is 2.00 bits per heavy atom. The van der Waals surface area contributed by atoms with Crippen LogP contribution in [0.1, 0.15) is 48.9 Å². The van der Waals surface area contributed by atoms with E-state index in [1.54, 1.807) is 0 Å². The SMILES string of the molecule is CCC(O)(c1cn(Cc2ccc3c(C4CC4)c(S(C)(=O)=O)sc3c2)nn1)C(F)(F)F. The van der Waals surface area contributed by atoms with E-state index in [4.69, 9.17) is 0 Å². The molecule has 30 heavy (non-hydrogen) atoms. The van der Waals surface area contributed by atoms with Crippen molar-refractivity contribution >= 4 is 31.3 Å². The smallest absolute Gasteiger partial charge is 0.375 e. The monoisotopic (exact) mass is 459 g/mol. The van der Waals surface area contributed by atoms with Gasteiger partial charge in [-0.05, 0) is 47.8 Å². The summed E-state index contributed by atoms with van der Waals surface area (Å²) in [6.45, 7) is 1.37. The lowest BCUT2D eigenvalue weighted by Crippen LogP contribution is -2.42. The Balaban J connectivity index is 1.67. The van der Waals surface area contributed by atoms with Crippen LogP contribution in [0.5, 0.6) is 0 Å². The van der Waals surface area contributed by atoms with Gasteiger partial charge < -0.3 is 5.11 Å². The number of benzene rings is 1. The van der Waals surface area contributed by atoms with Crippen molar-refractivity contribution in [3.63, 3.8) is 0 Å². The topological polar surface area (TPSA) is 85.1 Å². The van der Waals surface area contributed by atoms with Gasteiger partial charge in [-0.2, -0.15) is 13.2 Å². The fourth-order valence-electron chi connectivity index (χ4n) is 3.55. The van der Waals surface area contributed by atoms with Gasteiger partial charge in [-0.25, -0.2) is 13.1 Å². The number of sulfone groups is 1. The molecule has 1 aliphatic rings. The fraction of sp³-hybridized carbons (Fsp3) is 0.474. The Hall–Kier alpha value is -1.98. The molecular weight excluding hydrogens is 439 g/mol. The fourth-order valence-corrected chi connectivity index (χ4v) is 6.19. The van der Waals surface area contributed by atoms with Crippen LogP contribution < -0.4 is 0 Å². The van der Waals surface area contributed by atoms with Crippen molar-refractivity contribution < 1.29 is 26.7 Å². The van der Waals surface area contributed by atoms with Crippen LogP contribution in [0.2, 0.25) is 0 Å². The van der Waals surface area contributed by atoms with Gasteiger partial charge in [0.15, 0.2) is 9.84 Å². The summed E-state index contributed by atoms with van der Waals surface area (Å²) in [7, 11) is -3.35. The third-order valence-corrected chi connectivity index (χ3v) is 8.38. The van der Waals surface area contributed by atoms with Crippen molar-refractivity contribution in [1.82, 2.24) is 15.0 Å². The molecule has 2 aromatic heterocycles. The number of alkyl halides is 3. The van der Waals surface area contributed by atoms with Crippen LogP contribution in [-0.2, 0) is 22.0 Å². The van der Waals surface area contributed by atoms with Crippen LogP contribution >= 0.6 is 11.3 Å². The number of aliphatic hydroxyl groups is 1. The van der Waals surface area contributed by atoms with Crippen LogP contribution in [0.15, 0.2) is 28.6 Å². The molecular formula is C19H20F3N3O3S2. The molecule has 0 spiro atoms. The minimum atomic E-state index is -4.86. The normalized spacial score (nSPS) is 17.4. The first-order chi connectivity index (χ1) is 13.9. The second-order valence-corrected chi connectivity index (χ2v) is 11.0. The second-order valence-electron chi connectivity index (χ2n) is 7.69. The van der Waals surface area contributed by atoms with Crippen LogP contribution in [0.4, 0.5) is 13.2 Å². The van der Waals surface area contributed by atoms with Crippen LogP contribution in [0.25, 0.3) is 10.1 Å².